The van der Waals surface area contributed by atoms with Gasteiger partial charge in [0.25, 0.3) is 0 Å². The minimum absolute atomic E-state index is 0.695. The van der Waals surface area contributed by atoms with Gasteiger partial charge in [-0.25, -0.2) is 0 Å². The van der Waals surface area contributed by atoms with Gasteiger partial charge in [0.05, 0.1) is 0 Å². The van der Waals surface area contributed by atoms with Crippen LogP contribution in [-0.4, -0.2) is 30.6 Å². The number of nitrogens with zero attached hydrogens (tertiary/aromatic N) is 1. The number of rotatable bonds is 4. The molecule has 1 aliphatic rings. The summed E-state index contributed by atoms with van der Waals surface area (Å²) in [5, 5.41) is 4.23. The quantitative estimate of drug-likeness (QED) is 0.867. The van der Waals surface area contributed by atoms with Crippen molar-refractivity contribution < 1.29 is 0 Å². The summed E-state index contributed by atoms with van der Waals surface area (Å²) in [6.45, 7) is 6.65. The van der Waals surface area contributed by atoms with Gasteiger partial charge in [0.2, 0.25) is 0 Å². The maximum absolute atomic E-state index is 5.89. The van der Waals surface area contributed by atoms with Crippen LogP contribution in [0.3, 0.4) is 0 Å². The van der Waals surface area contributed by atoms with Crippen LogP contribution in [-0.2, 0) is 6.54 Å². The maximum Gasteiger partial charge on any atom is 0.0406 e. The molecule has 2 nitrogen and oxygen atoms in total. The summed E-state index contributed by atoms with van der Waals surface area (Å²) in [6, 6.07) is 8.87. The second-order valence-corrected chi connectivity index (χ2v) is 4.77. The average Bonchev–Trinajstić information content (AvgIpc) is 2.82. The van der Waals surface area contributed by atoms with Crippen molar-refractivity contribution in [3.05, 3.63) is 34.9 Å². The lowest BCUT2D eigenvalue weighted by Crippen LogP contribution is -2.36. The molecule has 0 aromatic heterocycles. The number of hydrogen-bond donors (Lipinski definition) is 1. The number of benzene rings is 1. The zero-order chi connectivity index (χ0) is 11.4. The van der Waals surface area contributed by atoms with Gasteiger partial charge >= 0.3 is 0 Å². The molecule has 0 amide bonds. The van der Waals surface area contributed by atoms with Crippen molar-refractivity contribution in [2.24, 2.45) is 0 Å². The van der Waals surface area contributed by atoms with Crippen LogP contribution in [0.2, 0.25) is 5.02 Å². The van der Waals surface area contributed by atoms with Crippen molar-refractivity contribution in [2.45, 2.75) is 25.9 Å². The fraction of sp³-hybridized carbons (Fsp3) is 0.538. The summed E-state index contributed by atoms with van der Waals surface area (Å²) < 4.78 is 0. The molecule has 88 valence electrons. The Hall–Kier alpha value is -0.570. The summed E-state index contributed by atoms with van der Waals surface area (Å²) in [6.07, 6.45) is 1.27. The molecule has 0 radical (unpaired) electrons. The van der Waals surface area contributed by atoms with E-state index < -0.39 is 0 Å². The molecule has 0 saturated carbocycles. The Kier molecular flexibility index (Phi) is 4.22. The van der Waals surface area contributed by atoms with Crippen LogP contribution in [0.1, 0.15) is 18.9 Å². The molecule has 1 atom stereocenters. The van der Waals surface area contributed by atoms with Gasteiger partial charge in [-0.1, -0.05) is 30.7 Å². The van der Waals surface area contributed by atoms with Crippen molar-refractivity contribution >= 4 is 11.6 Å². The van der Waals surface area contributed by atoms with E-state index in [4.69, 9.17) is 11.6 Å². The highest BCUT2D eigenvalue weighted by Gasteiger charge is 2.20. The largest absolute Gasteiger partial charge is 0.315 e. The van der Waals surface area contributed by atoms with Gasteiger partial charge in [-0.2, -0.15) is 0 Å². The zero-order valence-electron chi connectivity index (χ0n) is 9.75. The first-order valence-corrected chi connectivity index (χ1v) is 6.36. The van der Waals surface area contributed by atoms with Crippen molar-refractivity contribution in [1.82, 2.24) is 10.2 Å². The van der Waals surface area contributed by atoms with Crippen LogP contribution in [0.25, 0.3) is 0 Å². The summed E-state index contributed by atoms with van der Waals surface area (Å²) in [5.41, 5.74) is 1.35. The van der Waals surface area contributed by atoms with Gasteiger partial charge in [-0.15, -0.1) is 0 Å². The highest BCUT2D eigenvalue weighted by molar-refractivity contribution is 6.30. The monoisotopic (exact) mass is 238 g/mol. The molecular formula is C13H19ClN2. The van der Waals surface area contributed by atoms with Gasteiger partial charge < -0.3 is 5.32 Å². The van der Waals surface area contributed by atoms with Crippen LogP contribution in [0.4, 0.5) is 0 Å². The van der Waals surface area contributed by atoms with E-state index in [1.165, 1.54) is 12.0 Å². The van der Waals surface area contributed by atoms with Crippen molar-refractivity contribution in [3.63, 3.8) is 0 Å². The van der Waals surface area contributed by atoms with Crippen LogP contribution in [0, 0.1) is 0 Å². The van der Waals surface area contributed by atoms with Gasteiger partial charge in [0.1, 0.15) is 0 Å². The van der Waals surface area contributed by atoms with Crippen LogP contribution >= 0.6 is 11.6 Å². The molecule has 1 unspecified atom stereocenters. The van der Waals surface area contributed by atoms with Gasteiger partial charge in [0.15, 0.2) is 0 Å². The number of halogens is 1. The lowest BCUT2D eigenvalue weighted by atomic mass is 10.1. The third kappa shape index (κ3) is 2.97. The van der Waals surface area contributed by atoms with E-state index in [-0.39, 0.29) is 0 Å². The molecule has 0 aliphatic carbocycles. The van der Waals surface area contributed by atoms with Crippen LogP contribution < -0.4 is 5.32 Å². The van der Waals surface area contributed by atoms with E-state index >= 15 is 0 Å². The molecule has 1 aromatic carbocycles. The normalized spacial score (nSPS) is 20.6. The number of nitrogens with one attached hydrogen (secondary N) is 1. The molecule has 1 aliphatic heterocycles. The minimum atomic E-state index is 0.695. The van der Waals surface area contributed by atoms with Crippen molar-refractivity contribution in [1.29, 1.82) is 0 Å². The molecule has 2 rings (SSSR count). The predicted molar refractivity (Wildman–Crippen MR) is 68.8 cm³/mol. The fourth-order valence-corrected chi connectivity index (χ4v) is 2.40. The number of likely N-dealkylation sites (N-methyl/N-ethyl adjacent to an activating group) is 1. The summed E-state index contributed by atoms with van der Waals surface area (Å²) in [5.74, 6) is 0. The summed E-state index contributed by atoms with van der Waals surface area (Å²) >= 11 is 5.89. The molecule has 1 heterocycles. The molecule has 3 heteroatoms. The minimum Gasteiger partial charge on any atom is -0.315 e. The molecule has 1 N–H and O–H groups in total. The zero-order valence-corrected chi connectivity index (χ0v) is 10.5. The Bertz CT molecular complexity index is 317. The fourth-order valence-electron chi connectivity index (χ4n) is 2.27. The first kappa shape index (κ1) is 11.9. The lowest BCUT2D eigenvalue weighted by molar-refractivity contribution is 0.210. The summed E-state index contributed by atoms with van der Waals surface area (Å²) in [4.78, 5) is 2.53. The highest BCUT2D eigenvalue weighted by Crippen LogP contribution is 2.15. The third-order valence-electron chi connectivity index (χ3n) is 3.26. The van der Waals surface area contributed by atoms with E-state index in [0.717, 1.165) is 31.2 Å². The van der Waals surface area contributed by atoms with E-state index in [1.54, 1.807) is 0 Å². The lowest BCUT2D eigenvalue weighted by Gasteiger charge is -2.26. The Morgan fingerprint density at radius 3 is 2.69 bits per heavy atom. The Labute approximate surface area is 103 Å². The average molecular weight is 239 g/mol. The second kappa shape index (κ2) is 5.67. The Balaban J connectivity index is 1.97. The SMILES string of the molecule is CCN(Cc1ccc(Cl)cc1)C1CCNC1. The molecule has 1 fully saturated rings. The van der Waals surface area contributed by atoms with Gasteiger partial charge in [-0.05, 0) is 37.2 Å². The van der Waals surface area contributed by atoms with E-state index in [0.29, 0.717) is 6.04 Å². The van der Waals surface area contributed by atoms with Gasteiger partial charge in [-0.3, -0.25) is 4.90 Å². The van der Waals surface area contributed by atoms with Crippen molar-refractivity contribution in [2.75, 3.05) is 19.6 Å². The predicted octanol–water partition coefficient (Wildman–Crippen LogP) is 2.52. The molecule has 1 aromatic rings. The molecule has 0 bridgehead atoms. The van der Waals surface area contributed by atoms with Gasteiger partial charge in [0, 0.05) is 24.2 Å². The number of hydrogen-bond acceptors (Lipinski definition) is 2. The van der Waals surface area contributed by atoms with Crippen molar-refractivity contribution in [3.8, 4) is 0 Å². The Morgan fingerprint density at radius 2 is 2.12 bits per heavy atom. The third-order valence-corrected chi connectivity index (χ3v) is 3.51. The standard InChI is InChI=1S/C13H19ClN2/c1-2-16(13-7-8-15-9-13)10-11-3-5-12(14)6-4-11/h3-6,13,15H,2,7-10H2,1H3. The highest BCUT2D eigenvalue weighted by atomic mass is 35.5. The van der Waals surface area contributed by atoms with Crippen LogP contribution in [0.15, 0.2) is 24.3 Å². The summed E-state index contributed by atoms with van der Waals surface area (Å²) in [7, 11) is 0. The molecular weight excluding hydrogens is 220 g/mol. The molecule has 0 spiro atoms. The first-order valence-electron chi connectivity index (χ1n) is 5.99. The maximum atomic E-state index is 5.89. The second-order valence-electron chi connectivity index (χ2n) is 4.34. The first-order chi connectivity index (χ1) is 7.79. The molecule has 16 heavy (non-hydrogen) atoms. The van der Waals surface area contributed by atoms with E-state index in [9.17, 15) is 0 Å². The van der Waals surface area contributed by atoms with Crippen LogP contribution in [0.5, 0.6) is 0 Å². The van der Waals surface area contributed by atoms with E-state index in [1.807, 2.05) is 12.1 Å². The van der Waals surface area contributed by atoms with E-state index in [2.05, 4.69) is 29.3 Å². The smallest absolute Gasteiger partial charge is 0.0406 e. The molecule has 1 saturated heterocycles. The topological polar surface area (TPSA) is 15.3 Å². The Morgan fingerprint density at radius 1 is 1.38 bits per heavy atom.